The van der Waals surface area contributed by atoms with Crippen LogP contribution in [0, 0.1) is 0 Å². The summed E-state index contributed by atoms with van der Waals surface area (Å²) >= 11 is 7.46. The lowest BCUT2D eigenvalue weighted by atomic mass is 10.1. The number of halogens is 1. The maximum atomic E-state index is 9.49. The third-order valence-corrected chi connectivity index (χ3v) is 4.03. The minimum absolute atomic E-state index is 0.0557. The van der Waals surface area contributed by atoms with Crippen molar-refractivity contribution in [1.82, 2.24) is 5.32 Å². The second-order valence-corrected chi connectivity index (χ2v) is 5.76. The molecule has 0 fully saturated rings. The van der Waals surface area contributed by atoms with Crippen LogP contribution in [0.15, 0.2) is 41.8 Å². The van der Waals surface area contributed by atoms with Crippen molar-refractivity contribution in [1.29, 1.82) is 0 Å². The Morgan fingerprint density at radius 2 is 2.00 bits per heavy atom. The zero-order chi connectivity index (χ0) is 13.0. The molecule has 2 nitrogen and oxygen atoms in total. The second kappa shape index (κ2) is 6.34. The van der Waals surface area contributed by atoms with E-state index < -0.39 is 0 Å². The lowest BCUT2D eigenvalue weighted by Gasteiger charge is -2.21. The molecule has 18 heavy (non-hydrogen) atoms. The highest BCUT2D eigenvalue weighted by atomic mass is 35.5. The second-order valence-electron chi connectivity index (χ2n) is 4.22. The first-order valence-corrected chi connectivity index (χ1v) is 7.12. The number of thiophene rings is 1. The maximum Gasteiger partial charge on any atom is 0.0931 e. The molecule has 1 aromatic heterocycles. The standard InChI is InChI=1S/C14H16ClNOS/c1-10(12-7-14(15)18-9-12)16-13(8-17)11-5-3-2-4-6-11/h2-7,9-10,13,16-17H,8H2,1H3/t10?,13-/m0/s1. The Labute approximate surface area is 116 Å². The van der Waals surface area contributed by atoms with Gasteiger partial charge in [-0.1, -0.05) is 41.9 Å². The normalized spacial score (nSPS) is 14.4. The van der Waals surface area contributed by atoms with E-state index in [1.165, 1.54) is 11.3 Å². The highest BCUT2D eigenvalue weighted by Gasteiger charge is 2.15. The van der Waals surface area contributed by atoms with E-state index in [4.69, 9.17) is 11.6 Å². The third kappa shape index (κ3) is 3.33. The molecule has 0 radical (unpaired) electrons. The molecule has 96 valence electrons. The highest BCUT2D eigenvalue weighted by Crippen LogP contribution is 2.26. The van der Waals surface area contributed by atoms with Crippen LogP contribution in [0.3, 0.4) is 0 Å². The van der Waals surface area contributed by atoms with Gasteiger partial charge in [0.05, 0.1) is 17.0 Å². The van der Waals surface area contributed by atoms with Gasteiger partial charge in [0.1, 0.15) is 0 Å². The zero-order valence-electron chi connectivity index (χ0n) is 10.1. The van der Waals surface area contributed by atoms with Crippen LogP contribution in [-0.2, 0) is 0 Å². The monoisotopic (exact) mass is 281 g/mol. The van der Waals surface area contributed by atoms with Crippen LogP contribution in [-0.4, -0.2) is 11.7 Å². The SMILES string of the molecule is CC(N[C@@H](CO)c1ccccc1)c1csc(Cl)c1. The van der Waals surface area contributed by atoms with Gasteiger partial charge >= 0.3 is 0 Å². The molecular weight excluding hydrogens is 266 g/mol. The Bertz CT molecular complexity index is 486. The summed E-state index contributed by atoms with van der Waals surface area (Å²) in [5.41, 5.74) is 2.24. The molecule has 0 aliphatic carbocycles. The first-order chi connectivity index (χ1) is 8.70. The Balaban J connectivity index is 2.07. The quantitative estimate of drug-likeness (QED) is 0.874. The van der Waals surface area contributed by atoms with E-state index in [1.54, 1.807) is 0 Å². The summed E-state index contributed by atoms with van der Waals surface area (Å²) in [6, 6.07) is 12.0. The summed E-state index contributed by atoms with van der Waals surface area (Å²) in [6.07, 6.45) is 0. The Morgan fingerprint density at radius 1 is 1.28 bits per heavy atom. The van der Waals surface area contributed by atoms with Gasteiger partial charge in [0.2, 0.25) is 0 Å². The topological polar surface area (TPSA) is 32.3 Å². The summed E-state index contributed by atoms with van der Waals surface area (Å²) in [4.78, 5) is 0. The van der Waals surface area contributed by atoms with Crippen LogP contribution in [0.2, 0.25) is 4.34 Å². The largest absolute Gasteiger partial charge is 0.394 e. The minimum Gasteiger partial charge on any atom is -0.394 e. The summed E-state index contributed by atoms with van der Waals surface area (Å²) in [5.74, 6) is 0. The molecule has 0 amide bonds. The highest BCUT2D eigenvalue weighted by molar-refractivity contribution is 7.14. The van der Waals surface area contributed by atoms with Gasteiger partial charge in [-0.15, -0.1) is 11.3 Å². The van der Waals surface area contributed by atoms with Crippen LogP contribution < -0.4 is 5.32 Å². The number of aliphatic hydroxyl groups is 1. The average molecular weight is 282 g/mol. The lowest BCUT2D eigenvalue weighted by molar-refractivity contribution is 0.235. The Kier molecular flexibility index (Phi) is 4.78. The smallest absolute Gasteiger partial charge is 0.0931 e. The fraction of sp³-hybridized carbons (Fsp3) is 0.286. The minimum atomic E-state index is -0.0557. The predicted octanol–water partition coefficient (Wildman–Crippen LogP) is 3.79. The van der Waals surface area contributed by atoms with E-state index in [0.29, 0.717) is 0 Å². The molecule has 0 bridgehead atoms. The fourth-order valence-electron chi connectivity index (χ4n) is 1.89. The first kappa shape index (κ1) is 13.6. The lowest BCUT2D eigenvalue weighted by Crippen LogP contribution is -2.27. The maximum absolute atomic E-state index is 9.49. The number of rotatable bonds is 5. The average Bonchev–Trinajstić information content (AvgIpc) is 2.83. The molecule has 2 aromatic rings. The van der Waals surface area contributed by atoms with Gasteiger partial charge in [-0.25, -0.2) is 0 Å². The van der Waals surface area contributed by atoms with Gasteiger partial charge in [0.25, 0.3) is 0 Å². The van der Waals surface area contributed by atoms with Crippen molar-refractivity contribution < 1.29 is 5.11 Å². The molecule has 2 atom stereocenters. The van der Waals surface area contributed by atoms with Crippen LogP contribution in [0.25, 0.3) is 0 Å². The van der Waals surface area contributed by atoms with Gasteiger partial charge in [-0.3, -0.25) is 0 Å². The van der Waals surface area contributed by atoms with E-state index in [2.05, 4.69) is 12.2 Å². The Hall–Kier alpha value is -0.870. The van der Waals surface area contributed by atoms with E-state index in [9.17, 15) is 5.11 Å². The van der Waals surface area contributed by atoms with Gasteiger partial charge in [0.15, 0.2) is 0 Å². The molecule has 1 aromatic carbocycles. The van der Waals surface area contributed by atoms with Crippen LogP contribution in [0.4, 0.5) is 0 Å². The molecule has 0 aliphatic heterocycles. The molecule has 4 heteroatoms. The summed E-state index contributed by atoms with van der Waals surface area (Å²) in [5, 5.41) is 14.9. The van der Waals surface area contributed by atoms with E-state index >= 15 is 0 Å². The Morgan fingerprint density at radius 3 is 2.56 bits per heavy atom. The van der Waals surface area contributed by atoms with Crippen LogP contribution >= 0.6 is 22.9 Å². The molecule has 0 saturated heterocycles. The van der Waals surface area contributed by atoms with Crippen molar-refractivity contribution in [2.45, 2.75) is 19.0 Å². The predicted molar refractivity (Wildman–Crippen MR) is 77.1 cm³/mol. The van der Waals surface area contributed by atoms with E-state index in [-0.39, 0.29) is 18.7 Å². The number of nitrogens with one attached hydrogen (secondary N) is 1. The van der Waals surface area contributed by atoms with Gasteiger partial charge in [-0.05, 0) is 29.5 Å². The van der Waals surface area contributed by atoms with Gasteiger partial charge < -0.3 is 10.4 Å². The van der Waals surface area contributed by atoms with Gasteiger partial charge in [-0.2, -0.15) is 0 Å². The zero-order valence-corrected chi connectivity index (χ0v) is 11.7. The summed E-state index contributed by atoms with van der Waals surface area (Å²) in [6.45, 7) is 2.15. The number of hydrogen-bond acceptors (Lipinski definition) is 3. The molecule has 0 saturated carbocycles. The molecule has 1 heterocycles. The van der Waals surface area contributed by atoms with Crippen molar-refractivity contribution in [3.05, 3.63) is 57.2 Å². The molecular formula is C14H16ClNOS. The molecule has 1 unspecified atom stereocenters. The first-order valence-electron chi connectivity index (χ1n) is 5.86. The molecule has 0 spiro atoms. The molecule has 0 aliphatic rings. The van der Waals surface area contributed by atoms with Crippen molar-refractivity contribution >= 4 is 22.9 Å². The summed E-state index contributed by atoms with van der Waals surface area (Å²) in [7, 11) is 0. The van der Waals surface area contributed by atoms with E-state index in [0.717, 1.165) is 15.5 Å². The van der Waals surface area contributed by atoms with Crippen molar-refractivity contribution in [2.75, 3.05) is 6.61 Å². The summed E-state index contributed by atoms with van der Waals surface area (Å²) < 4.78 is 0.791. The van der Waals surface area contributed by atoms with Crippen LogP contribution in [0.5, 0.6) is 0 Å². The number of benzene rings is 1. The third-order valence-electron chi connectivity index (χ3n) is 2.92. The fourth-order valence-corrected chi connectivity index (χ4v) is 2.87. The molecule has 2 rings (SSSR count). The van der Waals surface area contributed by atoms with Crippen LogP contribution in [0.1, 0.15) is 30.1 Å². The van der Waals surface area contributed by atoms with Crippen molar-refractivity contribution in [3.63, 3.8) is 0 Å². The number of aliphatic hydroxyl groups excluding tert-OH is 1. The van der Waals surface area contributed by atoms with Crippen molar-refractivity contribution in [2.24, 2.45) is 0 Å². The van der Waals surface area contributed by atoms with Gasteiger partial charge in [0, 0.05) is 6.04 Å². The number of hydrogen-bond donors (Lipinski definition) is 2. The molecule has 2 N–H and O–H groups in total. The van der Waals surface area contributed by atoms with Crippen molar-refractivity contribution in [3.8, 4) is 0 Å². The van der Waals surface area contributed by atoms with E-state index in [1.807, 2.05) is 41.8 Å².